The van der Waals surface area contributed by atoms with Crippen molar-refractivity contribution < 1.29 is 18.0 Å². The molecule has 0 aliphatic heterocycles. The molecule has 0 aromatic carbocycles. The summed E-state index contributed by atoms with van der Waals surface area (Å²) in [6, 6.07) is 0.381. The fraction of sp³-hybridized carbons (Fsp3) is 0.143. The number of halogens is 3. The van der Waals surface area contributed by atoms with Crippen molar-refractivity contribution in [2.24, 2.45) is 5.73 Å². The molecule has 0 spiro atoms. The van der Waals surface area contributed by atoms with Crippen molar-refractivity contribution in [3.63, 3.8) is 0 Å². The minimum absolute atomic E-state index is 0.381. The van der Waals surface area contributed by atoms with Gasteiger partial charge in [-0.2, -0.15) is 0 Å². The van der Waals surface area contributed by atoms with Crippen molar-refractivity contribution in [1.82, 2.24) is 4.98 Å². The maximum absolute atomic E-state index is 13.0. The number of rotatable bonds is 2. The first-order chi connectivity index (χ1) is 6.43. The van der Waals surface area contributed by atoms with E-state index in [4.69, 9.17) is 0 Å². The van der Waals surface area contributed by atoms with E-state index in [1.807, 2.05) is 0 Å². The first-order valence-electron chi connectivity index (χ1n) is 3.44. The first-order valence-corrected chi connectivity index (χ1v) is 3.44. The number of H-pyrrole nitrogens is 1. The van der Waals surface area contributed by atoms with E-state index in [1.165, 1.54) is 0 Å². The van der Waals surface area contributed by atoms with Gasteiger partial charge in [-0.15, -0.1) is 0 Å². The highest BCUT2D eigenvalue weighted by Gasteiger charge is 2.20. The minimum Gasteiger partial charge on any atom is -0.364 e. The molecule has 0 aliphatic rings. The van der Waals surface area contributed by atoms with Crippen LogP contribution in [0.15, 0.2) is 10.9 Å². The lowest BCUT2D eigenvalue weighted by atomic mass is 10.2. The van der Waals surface area contributed by atoms with E-state index in [0.29, 0.717) is 6.07 Å². The van der Waals surface area contributed by atoms with E-state index in [9.17, 15) is 22.8 Å². The number of pyridine rings is 1. The number of amides is 1. The number of alkyl halides is 2. The number of hydrogen-bond acceptors (Lipinski definition) is 2. The smallest absolute Gasteiger partial charge is 0.268 e. The Morgan fingerprint density at radius 2 is 2.07 bits per heavy atom. The summed E-state index contributed by atoms with van der Waals surface area (Å²) in [4.78, 5) is 23.0. The van der Waals surface area contributed by atoms with Gasteiger partial charge in [0, 0.05) is 6.07 Å². The summed E-state index contributed by atoms with van der Waals surface area (Å²) < 4.78 is 37.2. The minimum atomic E-state index is -3.17. The Kier molecular flexibility index (Phi) is 2.59. The molecule has 4 nitrogen and oxygen atoms in total. The molecule has 3 N–H and O–H groups in total. The molecule has 14 heavy (non-hydrogen) atoms. The average Bonchev–Trinajstić information content (AvgIpc) is 2.07. The van der Waals surface area contributed by atoms with E-state index >= 15 is 0 Å². The van der Waals surface area contributed by atoms with Gasteiger partial charge in [0.2, 0.25) is 5.56 Å². The van der Waals surface area contributed by atoms with E-state index in [2.05, 4.69) is 5.73 Å². The van der Waals surface area contributed by atoms with Crippen molar-refractivity contribution in [2.75, 3.05) is 0 Å². The molecule has 7 heteroatoms. The predicted molar refractivity (Wildman–Crippen MR) is 40.5 cm³/mol. The van der Waals surface area contributed by atoms with Gasteiger partial charge in [-0.1, -0.05) is 0 Å². The maximum atomic E-state index is 13.0. The Bertz CT molecular complexity index is 427. The van der Waals surface area contributed by atoms with Crippen molar-refractivity contribution in [1.29, 1.82) is 0 Å². The molecule has 0 saturated carbocycles. The van der Waals surface area contributed by atoms with Crippen molar-refractivity contribution >= 4 is 5.91 Å². The molecule has 1 rings (SSSR count). The summed E-state index contributed by atoms with van der Waals surface area (Å²) in [7, 11) is 0. The Balaban J connectivity index is 3.48. The Hall–Kier alpha value is -1.79. The van der Waals surface area contributed by atoms with Gasteiger partial charge in [0.1, 0.15) is 5.69 Å². The lowest BCUT2D eigenvalue weighted by Gasteiger charge is -2.03. The summed E-state index contributed by atoms with van der Waals surface area (Å²) in [6.45, 7) is 0. The predicted octanol–water partition coefficient (Wildman–Crippen LogP) is 0.550. The first kappa shape index (κ1) is 10.3. The van der Waals surface area contributed by atoms with Crippen LogP contribution in [0.2, 0.25) is 0 Å². The lowest BCUT2D eigenvalue weighted by molar-refractivity contribution is 0.0988. The fourth-order valence-electron chi connectivity index (χ4n) is 0.892. The zero-order valence-corrected chi connectivity index (χ0v) is 6.68. The van der Waals surface area contributed by atoms with Crippen LogP contribution in [0.5, 0.6) is 0 Å². The third kappa shape index (κ3) is 1.76. The van der Waals surface area contributed by atoms with E-state index < -0.39 is 35.0 Å². The molecular weight excluding hydrogens is 201 g/mol. The van der Waals surface area contributed by atoms with Gasteiger partial charge in [-0.3, -0.25) is 9.59 Å². The quantitative estimate of drug-likeness (QED) is 0.741. The van der Waals surface area contributed by atoms with Crippen LogP contribution in [0.1, 0.15) is 22.5 Å². The zero-order valence-electron chi connectivity index (χ0n) is 6.68. The van der Waals surface area contributed by atoms with Crippen LogP contribution in [0.25, 0.3) is 0 Å². The molecule has 0 bridgehead atoms. The third-order valence-electron chi connectivity index (χ3n) is 1.49. The molecule has 1 amide bonds. The summed E-state index contributed by atoms with van der Waals surface area (Å²) in [5.74, 6) is -2.80. The highest BCUT2D eigenvalue weighted by molar-refractivity contribution is 5.91. The standard InChI is InChI=1S/C7H5F3N2O2/c8-4-2(6(9)10)1-3(13)12-5(4)7(11)14/h1,6H,(H2,11,14)(H,12,13). The number of hydrogen-bond donors (Lipinski definition) is 2. The molecule has 76 valence electrons. The largest absolute Gasteiger partial charge is 0.364 e. The normalized spacial score (nSPS) is 10.6. The average molecular weight is 206 g/mol. The number of primary amides is 1. The molecule has 0 atom stereocenters. The topological polar surface area (TPSA) is 76.0 Å². The Morgan fingerprint density at radius 3 is 2.50 bits per heavy atom. The van der Waals surface area contributed by atoms with Crippen LogP contribution in [-0.4, -0.2) is 10.9 Å². The number of aromatic nitrogens is 1. The second-order valence-electron chi connectivity index (χ2n) is 2.44. The van der Waals surface area contributed by atoms with Gasteiger partial charge in [0.15, 0.2) is 5.82 Å². The van der Waals surface area contributed by atoms with Crippen LogP contribution in [0, 0.1) is 5.82 Å². The molecule has 0 fully saturated rings. The molecule has 0 aliphatic carbocycles. The lowest BCUT2D eigenvalue weighted by Crippen LogP contribution is -2.22. The number of nitrogens with two attached hydrogens (primary N) is 1. The van der Waals surface area contributed by atoms with Crippen LogP contribution in [-0.2, 0) is 0 Å². The van der Waals surface area contributed by atoms with Crippen LogP contribution in [0.3, 0.4) is 0 Å². The van der Waals surface area contributed by atoms with Gasteiger partial charge in [-0.25, -0.2) is 13.2 Å². The number of aromatic amines is 1. The molecule has 1 aromatic rings. The van der Waals surface area contributed by atoms with E-state index in [1.54, 1.807) is 4.98 Å². The Labute approximate surface area is 75.5 Å². The summed E-state index contributed by atoms with van der Waals surface area (Å²) in [5.41, 5.74) is 1.58. The maximum Gasteiger partial charge on any atom is 0.268 e. The third-order valence-corrected chi connectivity index (χ3v) is 1.49. The highest BCUT2D eigenvalue weighted by Crippen LogP contribution is 2.21. The molecule has 0 unspecified atom stereocenters. The van der Waals surface area contributed by atoms with Gasteiger partial charge < -0.3 is 10.7 Å². The highest BCUT2D eigenvalue weighted by atomic mass is 19.3. The van der Waals surface area contributed by atoms with Crippen molar-refractivity contribution in [3.8, 4) is 0 Å². The second kappa shape index (κ2) is 3.52. The van der Waals surface area contributed by atoms with Crippen LogP contribution >= 0.6 is 0 Å². The van der Waals surface area contributed by atoms with Crippen LogP contribution in [0.4, 0.5) is 13.2 Å². The monoisotopic (exact) mass is 206 g/mol. The number of nitrogens with one attached hydrogen (secondary N) is 1. The summed E-state index contributed by atoms with van der Waals surface area (Å²) in [6.07, 6.45) is -3.17. The Morgan fingerprint density at radius 1 is 1.50 bits per heavy atom. The number of carbonyl (C=O) groups is 1. The van der Waals surface area contributed by atoms with Gasteiger partial charge in [-0.05, 0) is 0 Å². The summed E-state index contributed by atoms with van der Waals surface area (Å²) >= 11 is 0. The fourth-order valence-corrected chi connectivity index (χ4v) is 0.892. The molecule has 1 aromatic heterocycles. The van der Waals surface area contributed by atoms with E-state index in [0.717, 1.165) is 0 Å². The van der Waals surface area contributed by atoms with Gasteiger partial charge in [0.25, 0.3) is 12.3 Å². The van der Waals surface area contributed by atoms with Gasteiger partial charge >= 0.3 is 0 Å². The SMILES string of the molecule is NC(=O)c1[nH]c(=O)cc(C(F)F)c1F. The zero-order chi connectivity index (χ0) is 10.9. The molecule has 0 saturated heterocycles. The van der Waals surface area contributed by atoms with E-state index in [-0.39, 0.29) is 0 Å². The molecule has 1 heterocycles. The summed E-state index contributed by atoms with van der Waals surface area (Å²) in [5, 5.41) is 0. The number of carbonyl (C=O) groups excluding carboxylic acids is 1. The van der Waals surface area contributed by atoms with Gasteiger partial charge in [0.05, 0.1) is 5.56 Å². The second-order valence-corrected chi connectivity index (χ2v) is 2.44. The van der Waals surface area contributed by atoms with Crippen LogP contribution < -0.4 is 11.3 Å². The van der Waals surface area contributed by atoms with Crippen molar-refractivity contribution in [3.05, 3.63) is 33.5 Å². The molecular formula is C7H5F3N2O2. The van der Waals surface area contributed by atoms with Crippen molar-refractivity contribution in [2.45, 2.75) is 6.43 Å². The molecule has 0 radical (unpaired) electrons.